The van der Waals surface area contributed by atoms with Crippen LogP contribution in [0.15, 0.2) is 61.4 Å². The van der Waals surface area contributed by atoms with E-state index in [4.69, 9.17) is 0 Å². The summed E-state index contributed by atoms with van der Waals surface area (Å²) in [6.45, 7) is 9.73. The second-order valence-electron chi connectivity index (χ2n) is 7.11. The molecule has 0 atom stereocenters. The lowest BCUT2D eigenvalue weighted by atomic mass is 10.1. The van der Waals surface area contributed by atoms with Gasteiger partial charge in [-0.3, -0.25) is 19.6 Å². The Morgan fingerprint density at radius 2 is 1.74 bits per heavy atom. The number of likely N-dealkylation sites (N-methyl/N-ethyl adjacent to an activating group) is 1. The Morgan fingerprint density at radius 1 is 1.07 bits per heavy atom. The molecule has 1 aromatic carbocycles. The number of hydrogen-bond acceptors (Lipinski definition) is 4. The number of nitrogens with zero attached hydrogens (tertiary/aromatic N) is 4. The van der Waals surface area contributed by atoms with E-state index in [9.17, 15) is 4.79 Å². The summed E-state index contributed by atoms with van der Waals surface area (Å²) in [5, 5.41) is 0. The highest BCUT2D eigenvalue weighted by Gasteiger charge is 2.22. The lowest BCUT2D eigenvalue weighted by molar-refractivity contribution is 0.0628. The molecule has 1 aliphatic rings. The summed E-state index contributed by atoms with van der Waals surface area (Å²) < 4.78 is 0. The number of benzene rings is 1. The van der Waals surface area contributed by atoms with E-state index < -0.39 is 0 Å². The topological polar surface area (TPSA) is 39.7 Å². The molecular weight excluding hydrogens is 336 g/mol. The zero-order valence-electron chi connectivity index (χ0n) is 16.1. The zero-order valence-corrected chi connectivity index (χ0v) is 16.1. The second-order valence-corrected chi connectivity index (χ2v) is 7.11. The fourth-order valence-corrected chi connectivity index (χ4v) is 3.39. The van der Waals surface area contributed by atoms with Crippen molar-refractivity contribution in [2.24, 2.45) is 0 Å². The molecule has 0 saturated carbocycles. The Labute approximate surface area is 161 Å². The minimum absolute atomic E-state index is 0.129. The van der Waals surface area contributed by atoms with Gasteiger partial charge in [-0.15, -0.1) is 6.58 Å². The van der Waals surface area contributed by atoms with Crippen LogP contribution in [0.3, 0.4) is 0 Å². The summed E-state index contributed by atoms with van der Waals surface area (Å²) >= 11 is 0. The van der Waals surface area contributed by atoms with E-state index >= 15 is 0 Å². The summed E-state index contributed by atoms with van der Waals surface area (Å²) in [4.78, 5) is 23.4. The summed E-state index contributed by atoms with van der Waals surface area (Å²) in [6, 6.07) is 12.1. The molecule has 0 aliphatic carbocycles. The highest BCUT2D eigenvalue weighted by Crippen LogP contribution is 2.13. The third kappa shape index (κ3) is 5.49. The van der Waals surface area contributed by atoms with Crippen LogP contribution in [-0.4, -0.2) is 65.4 Å². The maximum atomic E-state index is 12.8. The number of pyridine rings is 1. The van der Waals surface area contributed by atoms with Gasteiger partial charge in [0.15, 0.2) is 0 Å². The molecule has 5 nitrogen and oxygen atoms in total. The van der Waals surface area contributed by atoms with Crippen LogP contribution in [0.5, 0.6) is 0 Å². The Bertz CT molecular complexity index is 737. The van der Waals surface area contributed by atoms with Gasteiger partial charge in [-0.05, 0) is 42.4 Å². The van der Waals surface area contributed by atoms with Gasteiger partial charge in [0.1, 0.15) is 0 Å². The number of carbonyl (C=O) groups is 1. The molecule has 0 spiro atoms. The van der Waals surface area contributed by atoms with E-state index in [1.807, 2.05) is 59.8 Å². The van der Waals surface area contributed by atoms with Crippen molar-refractivity contribution >= 4 is 5.91 Å². The molecule has 0 radical (unpaired) electrons. The molecule has 27 heavy (non-hydrogen) atoms. The summed E-state index contributed by atoms with van der Waals surface area (Å²) in [7, 11) is 2.06. The fraction of sp³-hybridized carbons (Fsp3) is 0.364. The molecule has 1 amide bonds. The number of piperazine rings is 1. The van der Waals surface area contributed by atoms with Gasteiger partial charge in [-0.2, -0.15) is 0 Å². The fourth-order valence-electron chi connectivity index (χ4n) is 3.39. The van der Waals surface area contributed by atoms with Crippen molar-refractivity contribution in [2.45, 2.75) is 13.1 Å². The zero-order chi connectivity index (χ0) is 19.1. The highest BCUT2D eigenvalue weighted by molar-refractivity contribution is 5.94. The maximum absolute atomic E-state index is 12.8. The van der Waals surface area contributed by atoms with Gasteiger partial charge in [0.25, 0.3) is 5.91 Å². The van der Waals surface area contributed by atoms with Gasteiger partial charge in [-0.1, -0.05) is 18.2 Å². The van der Waals surface area contributed by atoms with Crippen LogP contribution in [-0.2, 0) is 13.1 Å². The molecule has 0 N–H and O–H groups in total. The SMILES string of the molecule is C=CCN(C)Cc1ccc(C(=O)N2CCN(Cc3ccncc3)CC2)cc1. The first-order valence-corrected chi connectivity index (χ1v) is 9.44. The number of amides is 1. The van der Waals surface area contributed by atoms with E-state index in [-0.39, 0.29) is 5.91 Å². The molecule has 0 bridgehead atoms. The van der Waals surface area contributed by atoms with Crippen molar-refractivity contribution in [3.63, 3.8) is 0 Å². The van der Waals surface area contributed by atoms with Crippen LogP contribution < -0.4 is 0 Å². The molecule has 1 saturated heterocycles. The molecule has 1 aliphatic heterocycles. The van der Waals surface area contributed by atoms with E-state index in [1.165, 1.54) is 11.1 Å². The van der Waals surface area contributed by atoms with E-state index in [2.05, 4.69) is 28.4 Å². The third-order valence-electron chi connectivity index (χ3n) is 4.91. The first-order valence-electron chi connectivity index (χ1n) is 9.44. The van der Waals surface area contributed by atoms with Crippen LogP contribution in [0.2, 0.25) is 0 Å². The monoisotopic (exact) mass is 364 g/mol. The van der Waals surface area contributed by atoms with Crippen molar-refractivity contribution in [3.8, 4) is 0 Å². The van der Waals surface area contributed by atoms with Crippen LogP contribution in [0.4, 0.5) is 0 Å². The number of rotatable bonds is 7. The van der Waals surface area contributed by atoms with Gasteiger partial charge < -0.3 is 4.90 Å². The van der Waals surface area contributed by atoms with Crippen molar-refractivity contribution in [1.82, 2.24) is 19.7 Å². The molecule has 0 unspecified atom stereocenters. The second kappa shape index (κ2) is 9.44. The normalized spacial score (nSPS) is 15.1. The van der Waals surface area contributed by atoms with Crippen LogP contribution in [0.25, 0.3) is 0 Å². The molecule has 142 valence electrons. The molecule has 1 aromatic heterocycles. The molecule has 3 rings (SSSR count). The molecule has 2 heterocycles. The van der Waals surface area contributed by atoms with Crippen LogP contribution >= 0.6 is 0 Å². The van der Waals surface area contributed by atoms with Crippen molar-refractivity contribution < 1.29 is 4.79 Å². The Morgan fingerprint density at radius 3 is 2.37 bits per heavy atom. The van der Waals surface area contributed by atoms with Gasteiger partial charge >= 0.3 is 0 Å². The number of hydrogen-bond donors (Lipinski definition) is 0. The Kier molecular flexibility index (Phi) is 6.74. The minimum atomic E-state index is 0.129. The Balaban J connectivity index is 1.50. The number of aromatic nitrogens is 1. The molecule has 5 heteroatoms. The quantitative estimate of drug-likeness (QED) is 0.708. The van der Waals surface area contributed by atoms with E-state index in [1.54, 1.807) is 0 Å². The predicted molar refractivity (Wildman–Crippen MR) is 108 cm³/mol. The average molecular weight is 364 g/mol. The lowest BCUT2D eigenvalue weighted by Gasteiger charge is -2.34. The number of carbonyl (C=O) groups excluding carboxylic acids is 1. The molecular formula is C22H28N4O. The van der Waals surface area contributed by atoms with Crippen LogP contribution in [0, 0.1) is 0 Å². The van der Waals surface area contributed by atoms with Gasteiger partial charge in [-0.25, -0.2) is 0 Å². The van der Waals surface area contributed by atoms with E-state index in [0.29, 0.717) is 0 Å². The summed E-state index contributed by atoms with van der Waals surface area (Å²) in [5.41, 5.74) is 3.24. The lowest BCUT2D eigenvalue weighted by Crippen LogP contribution is -2.48. The third-order valence-corrected chi connectivity index (χ3v) is 4.91. The van der Waals surface area contributed by atoms with Gasteiger partial charge in [0.2, 0.25) is 0 Å². The smallest absolute Gasteiger partial charge is 0.253 e. The minimum Gasteiger partial charge on any atom is -0.336 e. The Hall–Kier alpha value is -2.50. The maximum Gasteiger partial charge on any atom is 0.253 e. The first kappa shape index (κ1) is 19.3. The van der Waals surface area contributed by atoms with Crippen molar-refractivity contribution in [3.05, 3.63) is 78.1 Å². The van der Waals surface area contributed by atoms with Crippen molar-refractivity contribution in [2.75, 3.05) is 39.8 Å². The highest BCUT2D eigenvalue weighted by atomic mass is 16.2. The predicted octanol–water partition coefficient (Wildman–Crippen LogP) is 2.66. The molecule has 1 fully saturated rings. The molecule has 2 aromatic rings. The standard InChI is InChI=1S/C22H28N4O/c1-3-12-24(2)17-19-4-6-21(7-5-19)22(27)26-15-13-25(14-16-26)18-20-8-10-23-11-9-20/h3-11H,1,12-18H2,2H3. The van der Waals surface area contributed by atoms with Gasteiger partial charge in [0, 0.05) is 63.8 Å². The average Bonchev–Trinajstić information content (AvgIpc) is 2.70. The van der Waals surface area contributed by atoms with Crippen molar-refractivity contribution in [1.29, 1.82) is 0 Å². The van der Waals surface area contributed by atoms with E-state index in [0.717, 1.165) is 51.4 Å². The van der Waals surface area contributed by atoms with Crippen LogP contribution in [0.1, 0.15) is 21.5 Å². The largest absolute Gasteiger partial charge is 0.336 e. The summed E-state index contributed by atoms with van der Waals surface area (Å²) in [5.74, 6) is 0.129. The summed E-state index contributed by atoms with van der Waals surface area (Å²) in [6.07, 6.45) is 5.55. The first-order chi connectivity index (χ1) is 13.2. The van der Waals surface area contributed by atoms with Gasteiger partial charge in [0.05, 0.1) is 0 Å².